The number of furan rings is 1. The summed E-state index contributed by atoms with van der Waals surface area (Å²) in [7, 11) is 0. The number of hydrogen-bond donors (Lipinski definition) is 3. The Hall–Kier alpha value is -3.09. The zero-order chi connectivity index (χ0) is 16.1. The van der Waals surface area contributed by atoms with Crippen LogP contribution in [0.4, 0.5) is 0 Å². The van der Waals surface area contributed by atoms with Gasteiger partial charge >= 0.3 is 5.97 Å². The Morgan fingerprint density at radius 3 is 2.50 bits per heavy atom. The zero-order valence-electron chi connectivity index (χ0n) is 11.5. The van der Waals surface area contributed by atoms with Gasteiger partial charge in [-0.15, -0.1) is 0 Å². The van der Waals surface area contributed by atoms with Gasteiger partial charge in [-0.2, -0.15) is 0 Å². The quantitative estimate of drug-likeness (QED) is 0.734. The molecule has 0 fully saturated rings. The van der Waals surface area contributed by atoms with Gasteiger partial charge < -0.3 is 20.6 Å². The third kappa shape index (κ3) is 3.72. The molecule has 0 radical (unpaired) electrons. The van der Waals surface area contributed by atoms with E-state index in [1.807, 2.05) is 30.3 Å². The number of nitrogens with one attached hydrogen (secondary N) is 1. The standard InChI is InChI=1S/C15H14N2O5/c16-13(18)7-11(15(20)21)17-14(19)10-6-12(22-8-10)9-4-2-1-3-5-9/h1-6,8,11H,7H2,(H2,16,18)(H,17,19)(H,20,21)/t11-/m0/s1. The monoisotopic (exact) mass is 302 g/mol. The summed E-state index contributed by atoms with van der Waals surface area (Å²) in [6.45, 7) is 0. The molecule has 0 saturated carbocycles. The minimum Gasteiger partial charge on any atom is -0.480 e. The fraction of sp³-hybridized carbons (Fsp3) is 0.133. The summed E-state index contributed by atoms with van der Waals surface area (Å²) in [6, 6.07) is 9.24. The molecule has 0 aliphatic carbocycles. The number of amides is 2. The Bertz CT molecular complexity index is 693. The second-order valence-electron chi connectivity index (χ2n) is 4.60. The largest absolute Gasteiger partial charge is 0.480 e. The molecule has 0 aliphatic rings. The second-order valence-corrected chi connectivity index (χ2v) is 4.60. The Balaban J connectivity index is 2.11. The molecule has 2 aromatic rings. The lowest BCUT2D eigenvalue weighted by Gasteiger charge is -2.11. The average Bonchev–Trinajstić information content (AvgIpc) is 2.96. The van der Waals surface area contributed by atoms with Gasteiger partial charge in [0, 0.05) is 5.56 Å². The van der Waals surface area contributed by atoms with Crippen LogP contribution in [-0.2, 0) is 9.59 Å². The third-order valence-electron chi connectivity index (χ3n) is 2.93. The van der Waals surface area contributed by atoms with E-state index >= 15 is 0 Å². The van der Waals surface area contributed by atoms with E-state index in [9.17, 15) is 14.4 Å². The van der Waals surface area contributed by atoms with Crippen LogP contribution in [0.25, 0.3) is 11.3 Å². The summed E-state index contributed by atoms with van der Waals surface area (Å²) in [5, 5.41) is 11.2. The lowest BCUT2D eigenvalue weighted by atomic mass is 10.1. The SMILES string of the molecule is NC(=O)C[C@H](NC(=O)c1coc(-c2ccccc2)c1)C(=O)O. The molecule has 0 spiro atoms. The Kier molecular flexibility index (Phi) is 4.57. The molecule has 0 unspecified atom stereocenters. The maximum atomic E-state index is 12.0. The molecule has 1 atom stereocenters. The predicted molar refractivity (Wildman–Crippen MR) is 76.8 cm³/mol. The molecule has 22 heavy (non-hydrogen) atoms. The molecular weight excluding hydrogens is 288 g/mol. The number of carboxylic acid groups (broad SMARTS) is 1. The Morgan fingerprint density at radius 2 is 1.91 bits per heavy atom. The van der Waals surface area contributed by atoms with Gasteiger partial charge in [0.25, 0.3) is 5.91 Å². The topological polar surface area (TPSA) is 123 Å². The van der Waals surface area contributed by atoms with E-state index < -0.39 is 30.2 Å². The molecule has 1 aromatic carbocycles. The van der Waals surface area contributed by atoms with Crippen LogP contribution in [0.2, 0.25) is 0 Å². The lowest BCUT2D eigenvalue weighted by Crippen LogP contribution is -2.43. The summed E-state index contributed by atoms with van der Waals surface area (Å²) in [6.07, 6.45) is 0.741. The van der Waals surface area contributed by atoms with Gasteiger partial charge in [-0.1, -0.05) is 30.3 Å². The van der Waals surface area contributed by atoms with Gasteiger partial charge in [-0.25, -0.2) is 4.79 Å². The van der Waals surface area contributed by atoms with Crippen LogP contribution in [0, 0.1) is 0 Å². The first-order valence-electron chi connectivity index (χ1n) is 6.43. The first-order chi connectivity index (χ1) is 10.5. The molecule has 0 aliphatic heterocycles. The molecule has 1 heterocycles. The second kappa shape index (κ2) is 6.57. The number of carboxylic acids is 1. The number of carbonyl (C=O) groups excluding carboxylic acids is 2. The first-order valence-corrected chi connectivity index (χ1v) is 6.43. The zero-order valence-corrected chi connectivity index (χ0v) is 11.5. The van der Waals surface area contributed by atoms with E-state index in [4.69, 9.17) is 15.3 Å². The number of hydrogen-bond acceptors (Lipinski definition) is 4. The smallest absolute Gasteiger partial charge is 0.326 e. The summed E-state index contributed by atoms with van der Waals surface area (Å²) in [5.74, 6) is -2.32. The van der Waals surface area contributed by atoms with Crippen LogP contribution in [0.1, 0.15) is 16.8 Å². The van der Waals surface area contributed by atoms with Gasteiger partial charge in [0.1, 0.15) is 18.1 Å². The fourth-order valence-corrected chi connectivity index (χ4v) is 1.85. The van der Waals surface area contributed by atoms with E-state index in [0.29, 0.717) is 5.76 Å². The minimum absolute atomic E-state index is 0.162. The molecule has 0 saturated heterocycles. The van der Waals surface area contributed by atoms with Crippen molar-refractivity contribution in [3.63, 3.8) is 0 Å². The molecule has 1 aromatic heterocycles. The van der Waals surface area contributed by atoms with E-state index in [1.54, 1.807) is 0 Å². The van der Waals surface area contributed by atoms with Gasteiger partial charge in [0.05, 0.1) is 12.0 Å². The molecule has 4 N–H and O–H groups in total. The van der Waals surface area contributed by atoms with Crippen molar-refractivity contribution in [2.24, 2.45) is 5.73 Å². The molecule has 7 nitrogen and oxygen atoms in total. The number of nitrogens with two attached hydrogens (primary N) is 1. The number of carbonyl (C=O) groups is 3. The summed E-state index contributed by atoms with van der Waals surface area (Å²) < 4.78 is 5.30. The number of primary amides is 1. The molecule has 7 heteroatoms. The van der Waals surface area contributed by atoms with Crippen molar-refractivity contribution in [1.29, 1.82) is 0 Å². The highest BCUT2D eigenvalue weighted by Gasteiger charge is 2.23. The molecule has 2 amide bonds. The maximum Gasteiger partial charge on any atom is 0.326 e. The van der Waals surface area contributed by atoms with E-state index in [2.05, 4.69) is 5.32 Å². The Labute approximate surface area is 125 Å². The van der Waals surface area contributed by atoms with Crippen LogP contribution >= 0.6 is 0 Å². The van der Waals surface area contributed by atoms with Gasteiger partial charge in [-0.05, 0) is 6.07 Å². The molecule has 0 bridgehead atoms. The van der Waals surface area contributed by atoms with E-state index in [1.165, 1.54) is 12.3 Å². The van der Waals surface area contributed by atoms with Crippen molar-refractivity contribution in [1.82, 2.24) is 5.32 Å². The van der Waals surface area contributed by atoms with Crippen LogP contribution in [0.15, 0.2) is 47.1 Å². The first kappa shape index (κ1) is 15.3. The highest BCUT2D eigenvalue weighted by atomic mass is 16.4. The van der Waals surface area contributed by atoms with Crippen molar-refractivity contribution in [2.45, 2.75) is 12.5 Å². The highest BCUT2D eigenvalue weighted by molar-refractivity contribution is 5.98. The van der Waals surface area contributed by atoms with Crippen LogP contribution in [-0.4, -0.2) is 28.9 Å². The number of benzene rings is 1. The van der Waals surface area contributed by atoms with Crippen molar-refractivity contribution in [3.05, 3.63) is 48.2 Å². The minimum atomic E-state index is -1.37. The number of aliphatic carboxylic acids is 1. The summed E-state index contributed by atoms with van der Waals surface area (Å²) >= 11 is 0. The van der Waals surface area contributed by atoms with Gasteiger partial charge in [0.2, 0.25) is 5.91 Å². The Morgan fingerprint density at radius 1 is 1.23 bits per heavy atom. The van der Waals surface area contributed by atoms with Gasteiger partial charge in [0.15, 0.2) is 0 Å². The lowest BCUT2D eigenvalue weighted by molar-refractivity contribution is -0.140. The molecule has 114 valence electrons. The predicted octanol–water partition coefficient (Wildman–Crippen LogP) is 1.00. The van der Waals surface area contributed by atoms with Gasteiger partial charge in [-0.3, -0.25) is 9.59 Å². The fourth-order valence-electron chi connectivity index (χ4n) is 1.85. The van der Waals surface area contributed by atoms with Crippen LogP contribution in [0.5, 0.6) is 0 Å². The van der Waals surface area contributed by atoms with Crippen molar-refractivity contribution in [3.8, 4) is 11.3 Å². The number of rotatable bonds is 6. The normalized spacial score (nSPS) is 11.6. The van der Waals surface area contributed by atoms with Crippen LogP contribution < -0.4 is 11.1 Å². The van der Waals surface area contributed by atoms with Crippen LogP contribution in [0.3, 0.4) is 0 Å². The average molecular weight is 302 g/mol. The van der Waals surface area contributed by atoms with E-state index in [0.717, 1.165) is 5.56 Å². The molecule has 2 rings (SSSR count). The maximum absolute atomic E-state index is 12.0. The summed E-state index contributed by atoms with van der Waals surface area (Å²) in [4.78, 5) is 33.8. The summed E-state index contributed by atoms with van der Waals surface area (Å²) in [5.41, 5.74) is 5.90. The van der Waals surface area contributed by atoms with Crippen molar-refractivity contribution in [2.75, 3.05) is 0 Å². The third-order valence-corrected chi connectivity index (χ3v) is 2.93. The van der Waals surface area contributed by atoms with Crippen molar-refractivity contribution >= 4 is 17.8 Å². The van der Waals surface area contributed by atoms with E-state index in [-0.39, 0.29) is 5.56 Å². The highest BCUT2D eigenvalue weighted by Crippen LogP contribution is 2.21. The molecular formula is C15H14N2O5. The van der Waals surface area contributed by atoms with Crippen molar-refractivity contribution < 1.29 is 23.9 Å².